The van der Waals surface area contributed by atoms with Gasteiger partial charge in [0.25, 0.3) is 0 Å². The molecule has 0 aromatic rings. The standard InChI is InChI=1S/C15H19NO3/c1-13-6-7-14(10-16)5-2-3-12-15(14,19-18-13)11(9-13)4-8-17-12/h9,12H,2-8H2,1H3/t12-,13-,14+,15+/m1/s1. The number of rotatable bonds is 0. The first-order valence-corrected chi connectivity index (χ1v) is 7.26. The molecule has 2 aliphatic carbocycles. The van der Waals surface area contributed by atoms with Crippen molar-refractivity contribution in [3.63, 3.8) is 0 Å². The third-order valence-electron chi connectivity index (χ3n) is 5.51. The van der Waals surface area contributed by atoms with Gasteiger partial charge in [0.1, 0.15) is 5.60 Å². The van der Waals surface area contributed by atoms with Crippen molar-refractivity contribution >= 4 is 0 Å². The Morgan fingerprint density at radius 1 is 1.32 bits per heavy atom. The summed E-state index contributed by atoms with van der Waals surface area (Å²) in [5.41, 5.74) is -0.245. The van der Waals surface area contributed by atoms with Crippen molar-refractivity contribution in [1.29, 1.82) is 5.26 Å². The predicted octanol–water partition coefficient (Wildman–Crippen LogP) is 2.65. The van der Waals surface area contributed by atoms with Gasteiger partial charge in [-0.2, -0.15) is 5.26 Å². The summed E-state index contributed by atoms with van der Waals surface area (Å²) in [6.45, 7) is 2.79. The van der Waals surface area contributed by atoms with Crippen LogP contribution in [0.15, 0.2) is 11.6 Å². The van der Waals surface area contributed by atoms with Gasteiger partial charge in [0.15, 0.2) is 5.60 Å². The molecule has 4 nitrogen and oxygen atoms in total. The summed E-state index contributed by atoms with van der Waals surface area (Å²) in [4.78, 5) is 11.6. The summed E-state index contributed by atoms with van der Waals surface area (Å²) in [5, 5.41) is 9.89. The molecular weight excluding hydrogens is 242 g/mol. The third-order valence-corrected chi connectivity index (χ3v) is 5.51. The fourth-order valence-corrected chi connectivity index (χ4v) is 4.50. The van der Waals surface area contributed by atoms with Crippen LogP contribution in [0.4, 0.5) is 0 Å². The zero-order chi connectivity index (χ0) is 13.1. The van der Waals surface area contributed by atoms with Crippen LogP contribution in [0, 0.1) is 16.7 Å². The first kappa shape index (κ1) is 11.9. The van der Waals surface area contributed by atoms with E-state index < -0.39 is 11.0 Å². The Balaban J connectivity index is 1.96. The van der Waals surface area contributed by atoms with Crippen LogP contribution in [0.5, 0.6) is 0 Å². The normalized spacial score (nSPS) is 51.8. The van der Waals surface area contributed by atoms with E-state index in [4.69, 9.17) is 14.5 Å². The Hall–Kier alpha value is -0.890. The van der Waals surface area contributed by atoms with Gasteiger partial charge >= 0.3 is 0 Å². The quantitative estimate of drug-likeness (QED) is 0.497. The van der Waals surface area contributed by atoms with Crippen molar-refractivity contribution in [2.75, 3.05) is 6.61 Å². The highest BCUT2D eigenvalue weighted by Gasteiger charge is 2.68. The maximum Gasteiger partial charge on any atom is 0.169 e. The summed E-state index contributed by atoms with van der Waals surface area (Å²) >= 11 is 0. The molecule has 0 unspecified atom stereocenters. The molecule has 3 aliphatic heterocycles. The Morgan fingerprint density at radius 2 is 2.21 bits per heavy atom. The molecule has 3 fully saturated rings. The molecule has 19 heavy (non-hydrogen) atoms. The second-order valence-corrected chi connectivity index (χ2v) is 6.58. The molecule has 5 rings (SSSR count). The Morgan fingerprint density at radius 3 is 3.05 bits per heavy atom. The highest BCUT2D eigenvalue weighted by atomic mass is 17.2. The van der Waals surface area contributed by atoms with E-state index in [-0.39, 0.29) is 11.7 Å². The fourth-order valence-electron chi connectivity index (χ4n) is 4.50. The van der Waals surface area contributed by atoms with E-state index in [9.17, 15) is 5.26 Å². The first-order chi connectivity index (χ1) is 9.14. The van der Waals surface area contributed by atoms with Crippen molar-refractivity contribution in [3.8, 4) is 6.07 Å². The summed E-state index contributed by atoms with van der Waals surface area (Å²) in [6, 6.07) is 2.60. The van der Waals surface area contributed by atoms with Gasteiger partial charge in [-0.15, -0.1) is 0 Å². The van der Waals surface area contributed by atoms with Gasteiger partial charge in [0.2, 0.25) is 0 Å². The lowest BCUT2D eigenvalue weighted by molar-refractivity contribution is -0.429. The maximum absolute atomic E-state index is 9.89. The summed E-state index contributed by atoms with van der Waals surface area (Å²) in [5.74, 6) is 0. The zero-order valence-electron chi connectivity index (χ0n) is 11.3. The molecular formula is C15H19NO3. The molecule has 4 heteroatoms. The lowest BCUT2D eigenvalue weighted by atomic mass is 9.57. The van der Waals surface area contributed by atoms with Crippen molar-refractivity contribution < 1.29 is 14.5 Å². The predicted molar refractivity (Wildman–Crippen MR) is 66.9 cm³/mol. The van der Waals surface area contributed by atoms with E-state index in [2.05, 4.69) is 19.1 Å². The summed E-state index contributed by atoms with van der Waals surface area (Å²) in [7, 11) is 0. The number of nitrogens with zero attached hydrogens (tertiary/aromatic N) is 1. The topological polar surface area (TPSA) is 51.5 Å². The van der Waals surface area contributed by atoms with Crippen LogP contribution in [0.3, 0.4) is 0 Å². The smallest absolute Gasteiger partial charge is 0.169 e. The average molecular weight is 261 g/mol. The second kappa shape index (κ2) is 3.60. The largest absolute Gasteiger partial charge is 0.374 e. The van der Waals surface area contributed by atoms with Crippen LogP contribution in [-0.4, -0.2) is 23.9 Å². The molecule has 1 saturated carbocycles. The number of fused-ring (bicyclic) bond motifs is 2. The van der Waals surface area contributed by atoms with Crippen molar-refractivity contribution in [1.82, 2.24) is 0 Å². The van der Waals surface area contributed by atoms with E-state index in [1.165, 1.54) is 5.57 Å². The minimum absolute atomic E-state index is 0.0245. The first-order valence-electron chi connectivity index (χ1n) is 7.26. The van der Waals surface area contributed by atoms with Crippen LogP contribution < -0.4 is 0 Å². The van der Waals surface area contributed by atoms with Gasteiger partial charge in [0.05, 0.1) is 24.2 Å². The van der Waals surface area contributed by atoms with E-state index in [0.717, 1.165) is 45.1 Å². The second-order valence-electron chi connectivity index (χ2n) is 6.58. The molecule has 102 valence electrons. The molecule has 4 atom stereocenters. The van der Waals surface area contributed by atoms with Gasteiger partial charge in [0, 0.05) is 0 Å². The summed E-state index contributed by atoms with van der Waals surface area (Å²) in [6.07, 6.45) is 7.62. The minimum atomic E-state index is -0.645. The van der Waals surface area contributed by atoms with Crippen LogP contribution in [0.25, 0.3) is 0 Å². The Kier molecular flexibility index (Phi) is 2.26. The number of hydrogen-bond acceptors (Lipinski definition) is 4. The van der Waals surface area contributed by atoms with E-state index in [0.29, 0.717) is 0 Å². The maximum atomic E-state index is 9.89. The third kappa shape index (κ3) is 1.29. The number of nitriles is 1. The van der Waals surface area contributed by atoms with Crippen molar-refractivity contribution in [2.45, 2.75) is 62.8 Å². The zero-order valence-corrected chi connectivity index (χ0v) is 11.3. The van der Waals surface area contributed by atoms with Crippen LogP contribution in [-0.2, 0) is 14.5 Å². The van der Waals surface area contributed by atoms with E-state index in [1.807, 2.05) is 0 Å². The lowest BCUT2D eigenvalue weighted by Gasteiger charge is -2.55. The Bertz CT molecular complexity index is 494. The van der Waals surface area contributed by atoms with Crippen molar-refractivity contribution in [2.24, 2.45) is 5.41 Å². The van der Waals surface area contributed by atoms with Gasteiger partial charge in [-0.1, -0.05) is 0 Å². The molecule has 0 aromatic heterocycles. The number of ether oxygens (including phenoxy) is 1. The molecule has 0 aromatic carbocycles. The van der Waals surface area contributed by atoms with E-state index in [1.54, 1.807) is 0 Å². The molecule has 5 aliphatic rings. The van der Waals surface area contributed by atoms with Gasteiger partial charge in [-0.05, 0) is 57.1 Å². The molecule has 1 spiro atoms. The van der Waals surface area contributed by atoms with Gasteiger partial charge < -0.3 is 4.74 Å². The highest BCUT2D eigenvalue weighted by Crippen LogP contribution is 2.61. The van der Waals surface area contributed by atoms with Crippen molar-refractivity contribution in [3.05, 3.63) is 11.6 Å². The molecule has 2 saturated heterocycles. The minimum Gasteiger partial charge on any atom is -0.374 e. The average Bonchev–Trinajstić information content (AvgIpc) is 2.63. The molecule has 0 amide bonds. The number of hydrogen-bond donors (Lipinski definition) is 0. The Labute approximate surface area is 113 Å². The SMILES string of the molecule is C[C@]12C=C3CCO[C@@H]4CCC[C@@](C#N)(CC1)[C@]34OO2. The fraction of sp³-hybridized carbons (Fsp3) is 0.800. The van der Waals surface area contributed by atoms with Crippen LogP contribution in [0.2, 0.25) is 0 Å². The highest BCUT2D eigenvalue weighted by molar-refractivity contribution is 5.38. The van der Waals surface area contributed by atoms with Gasteiger partial charge in [-0.3, -0.25) is 0 Å². The summed E-state index contributed by atoms with van der Waals surface area (Å²) < 4.78 is 5.96. The monoisotopic (exact) mass is 261 g/mol. The lowest BCUT2D eigenvalue weighted by Crippen LogP contribution is -2.64. The molecule has 0 N–H and O–H groups in total. The van der Waals surface area contributed by atoms with Gasteiger partial charge in [-0.25, -0.2) is 9.78 Å². The molecule has 3 heterocycles. The molecule has 0 radical (unpaired) electrons. The molecule has 2 bridgehead atoms. The van der Waals surface area contributed by atoms with Crippen LogP contribution in [0.1, 0.15) is 45.4 Å². The van der Waals surface area contributed by atoms with Crippen LogP contribution >= 0.6 is 0 Å². The van der Waals surface area contributed by atoms with E-state index >= 15 is 0 Å².